The summed E-state index contributed by atoms with van der Waals surface area (Å²) in [5.74, 6) is 1.57. The third-order valence-corrected chi connectivity index (χ3v) is 6.21. The van der Waals surface area contributed by atoms with Crippen LogP contribution in [0.5, 0.6) is 0 Å². The smallest absolute Gasteiger partial charge is 0.0772 e. The first-order chi connectivity index (χ1) is 7.40. The van der Waals surface area contributed by atoms with Crippen LogP contribution in [0, 0.1) is 17.3 Å². The van der Waals surface area contributed by atoms with Gasteiger partial charge in [0.1, 0.15) is 0 Å². The van der Waals surface area contributed by atoms with E-state index in [1.54, 1.807) is 0 Å². The molecule has 3 aliphatic rings. The second-order valence-corrected chi connectivity index (χ2v) is 7.39. The van der Waals surface area contributed by atoms with Gasteiger partial charge in [-0.15, -0.1) is 0 Å². The molecule has 0 aromatic rings. The standard InChI is InChI=1S/C15H26O/c1-11-6-5-8-14(4)9-7-12-10-15(11,14)16-13(12,2)3/h11-12H,5-10H2,1-4H3/t11?,12-,14+,15+/m1/s1. The van der Waals surface area contributed by atoms with E-state index in [1.165, 1.54) is 38.5 Å². The molecule has 92 valence electrons. The van der Waals surface area contributed by atoms with Gasteiger partial charge >= 0.3 is 0 Å². The summed E-state index contributed by atoms with van der Waals surface area (Å²) in [7, 11) is 0. The number of hydrogen-bond donors (Lipinski definition) is 0. The summed E-state index contributed by atoms with van der Waals surface area (Å²) in [5.41, 5.74) is 0.815. The average molecular weight is 222 g/mol. The minimum atomic E-state index is 0.128. The van der Waals surface area contributed by atoms with Crippen LogP contribution in [0.3, 0.4) is 0 Å². The highest BCUT2D eigenvalue weighted by Crippen LogP contribution is 2.65. The Labute approximate surface area is 99.9 Å². The molecule has 2 saturated carbocycles. The second-order valence-electron chi connectivity index (χ2n) is 7.39. The second kappa shape index (κ2) is 3.04. The van der Waals surface area contributed by atoms with Crippen molar-refractivity contribution in [3.05, 3.63) is 0 Å². The topological polar surface area (TPSA) is 9.23 Å². The van der Waals surface area contributed by atoms with Gasteiger partial charge in [0.15, 0.2) is 0 Å². The van der Waals surface area contributed by atoms with E-state index in [0.717, 1.165) is 11.8 Å². The van der Waals surface area contributed by atoms with Crippen molar-refractivity contribution in [1.29, 1.82) is 0 Å². The van der Waals surface area contributed by atoms with Gasteiger partial charge in [-0.05, 0) is 63.2 Å². The normalized spacial score (nSPS) is 54.8. The number of fused-ring (bicyclic) bond motifs is 1. The Balaban J connectivity index is 2.04. The SMILES string of the molecule is CC1CCC[C@@]2(C)CC[C@@H]3C[C@]12OC3(C)C. The zero-order valence-electron chi connectivity index (χ0n) is 11.3. The van der Waals surface area contributed by atoms with Gasteiger partial charge in [-0.25, -0.2) is 0 Å². The lowest BCUT2D eigenvalue weighted by molar-refractivity contribution is -0.192. The van der Waals surface area contributed by atoms with Crippen molar-refractivity contribution in [3.63, 3.8) is 0 Å². The van der Waals surface area contributed by atoms with Crippen LogP contribution in [-0.4, -0.2) is 11.2 Å². The van der Waals surface area contributed by atoms with Crippen LogP contribution in [0.1, 0.15) is 66.2 Å². The molecular weight excluding hydrogens is 196 g/mol. The predicted molar refractivity (Wildman–Crippen MR) is 66.4 cm³/mol. The Hall–Kier alpha value is -0.0400. The molecule has 0 N–H and O–H groups in total. The maximum absolute atomic E-state index is 6.68. The zero-order chi connectivity index (χ0) is 11.6. The van der Waals surface area contributed by atoms with Crippen molar-refractivity contribution >= 4 is 0 Å². The summed E-state index contributed by atoms with van der Waals surface area (Å²) in [6.45, 7) is 9.57. The Kier molecular flexibility index (Phi) is 2.11. The fraction of sp³-hybridized carbons (Fsp3) is 1.00. The number of rotatable bonds is 0. The molecule has 3 rings (SSSR count). The number of ether oxygens (including phenoxy) is 1. The van der Waals surface area contributed by atoms with Gasteiger partial charge in [-0.1, -0.05) is 20.3 Å². The van der Waals surface area contributed by atoms with Crippen LogP contribution in [0.25, 0.3) is 0 Å². The molecule has 1 saturated heterocycles. The van der Waals surface area contributed by atoms with Crippen molar-refractivity contribution in [3.8, 4) is 0 Å². The fourth-order valence-corrected chi connectivity index (χ4v) is 4.99. The van der Waals surface area contributed by atoms with Gasteiger partial charge in [0.25, 0.3) is 0 Å². The summed E-state index contributed by atoms with van der Waals surface area (Å²) in [6.07, 6.45) is 8.29. The Bertz CT molecular complexity index is 309. The molecule has 3 fully saturated rings. The molecule has 2 bridgehead atoms. The minimum absolute atomic E-state index is 0.128. The first kappa shape index (κ1) is 11.1. The van der Waals surface area contributed by atoms with E-state index in [2.05, 4.69) is 27.7 Å². The first-order valence-electron chi connectivity index (χ1n) is 7.10. The van der Waals surface area contributed by atoms with Crippen LogP contribution in [0.15, 0.2) is 0 Å². The lowest BCUT2D eigenvalue weighted by Gasteiger charge is -2.55. The third kappa shape index (κ3) is 1.16. The van der Waals surface area contributed by atoms with E-state index >= 15 is 0 Å². The highest BCUT2D eigenvalue weighted by molar-refractivity contribution is 5.14. The van der Waals surface area contributed by atoms with Crippen molar-refractivity contribution in [2.24, 2.45) is 17.3 Å². The summed E-state index contributed by atoms with van der Waals surface area (Å²) in [4.78, 5) is 0. The molecule has 0 radical (unpaired) electrons. The van der Waals surface area contributed by atoms with Crippen LogP contribution in [-0.2, 0) is 4.74 Å². The maximum atomic E-state index is 6.68. The Morgan fingerprint density at radius 3 is 2.56 bits per heavy atom. The number of hydrogen-bond acceptors (Lipinski definition) is 1. The summed E-state index contributed by atoms with van der Waals surface area (Å²) in [6, 6.07) is 0. The molecule has 2 aliphatic carbocycles. The molecule has 0 aromatic heterocycles. The molecule has 1 nitrogen and oxygen atoms in total. The molecule has 1 unspecified atom stereocenters. The van der Waals surface area contributed by atoms with Crippen molar-refractivity contribution in [1.82, 2.24) is 0 Å². The first-order valence-corrected chi connectivity index (χ1v) is 7.10. The van der Waals surface area contributed by atoms with E-state index in [9.17, 15) is 0 Å². The van der Waals surface area contributed by atoms with Crippen LogP contribution in [0.4, 0.5) is 0 Å². The quantitative estimate of drug-likeness (QED) is 0.598. The Morgan fingerprint density at radius 2 is 1.81 bits per heavy atom. The molecular formula is C15H26O. The monoisotopic (exact) mass is 222 g/mol. The van der Waals surface area contributed by atoms with Crippen molar-refractivity contribution in [2.75, 3.05) is 0 Å². The fourth-order valence-electron chi connectivity index (χ4n) is 4.99. The van der Waals surface area contributed by atoms with Crippen LogP contribution in [0.2, 0.25) is 0 Å². The van der Waals surface area contributed by atoms with E-state index in [-0.39, 0.29) is 11.2 Å². The summed E-state index contributed by atoms with van der Waals surface area (Å²) < 4.78 is 6.68. The van der Waals surface area contributed by atoms with E-state index in [0.29, 0.717) is 5.41 Å². The molecule has 1 aliphatic heterocycles. The minimum Gasteiger partial charge on any atom is -0.368 e. The van der Waals surface area contributed by atoms with Gasteiger partial charge in [-0.3, -0.25) is 0 Å². The van der Waals surface area contributed by atoms with Gasteiger partial charge in [0.05, 0.1) is 11.2 Å². The molecule has 4 atom stereocenters. The van der Waals surface area contributed by atoms with E-state index in [4.69, 9.17) is 4.74 Å². The van der Waals surface area contributed by atoms with Gasteiger partial charge in [0.2, 0.25) is 0 Å². The predicted octanol–water partition coefficient (Wildman–Crippen LogP) is 4.16. The Morgan fingerprint density at radius 1 is 1.06 bits per heavy atom. The highest BCUT2D eigenvalue weighted by atomic mass is 16.5. The van der Waals surface area contributed by atoms with Gasteiger partial charge in [0, 0.05) is 0 Å². The molecule has 0 aromatic carbocycles. The molecule has 1 heterocycles. The molecule has 0 amide bonds. The van der Waals surface area contributed by atoms with E-state index in [1.807, 2.05) is 0 Å². The zero-order valence-corrected chi connectivity index (χ0v) is 11.3. The molecule has 16 heavy (non-hydrogen) atoms. The van der Waals surface area contributed by atoms with Crippen molar-refractivity contribution in [2.45, 2.75) is 77.4 Å². The highest BCUT2D eigenvalue weighted by Gasteiger charge is 2.65. The average Bonchev–Trinajstić information content (AvgIpc) is 2.42. The lowest BCUT2D eigenvalue weighted by Crippen LogP contribution is -2.55. The lowest BCUT2D eigenvalue weighted by atomic mass is 9.53. The summed E-state index contributed by atoms with van der Waals surface area (Å²) >= 11 is 0. The van der Waals surface area contributed by atoms with Crippen molar-refractivity contribution < 1.29 is 4.74 Å². The van der Waals surface area contributed by atoms with Gasteiger partial charge in [-0.2, -0.15) is 0 Å². The molecule has 1 spiro atoms. The van der Waals surface area contributed by atoms with Crippen LogP contribution >= 0.6 is 0 Å². The van der Waals surface area contributed by atoms with Gasteiger partial charge < -0.3 is 4.74 Å². The van der Waals surface area contributed by atoms with Crippen LogP contribution < -0.4 is 0 Å². The largest absolute Gasteiger partial charge is 0.368 e. The maximum Gasteiger partial charge on any atom is 0.0772 e. The third-order valence-electron chi connectivity index (χ3n) is 6.21. The molecule has 1 heteroatoms. The van der Waals surface area contributed by atoms with E-state index < -0.39 is 0 Å². The summed E-state index contributed by atoms with van der Waals surface area (Å²) in [5, 5.41) is 0.